The van der Waals surface area contributed by atoms with Crippen LogP contribution in [0.2, 0.25) is 5.02 Å². The Hall–Kier alpha value is -0.800. The summed E-state index contributed by atoms with van der Waals surface area (Å²) in [5.74, 6) is 0.354. The third-order valence-electron chi connectivity index (χ3n) is 1.80. The highest BCUT2D eigenvalue weighted by atomic mass is 79.9. The fraction of sp³-hybridized carbons (Fsp3) is 0. The van der Waals surface area contributed by atoms with Crippen molar-refractivity contribution in [3.8, 4) is 0 Å². The highest BCUT2D eigenvalue weighted by molar-refractivity contribution is 9.10. The van der Waals surface area contributed by atoms with E-state index in [0.29, 0.717) is 10.8 Å². The summed E-state index contributed by atoms with van der Waals surface area (Å²) in [5, 5.41) is 1.44. The quantitative estimate of drug-likeness (QED) is 0.787. The zero-order valence-corrected chi connectivity index (χ0v) is 8.93. The number of nitrogen functional groups attached to an aromatic ring is 1. The molecule has 0 aliphatic heterocycles. The average Bonchev–Trinajstić information content (AvgIpc) is 2.15. The molecule has 0 atom stereocenters. The predicted octanol–water partition coefficient (Wildman–Crippen LogP) is 3.23. The van der Waals surface area contributed by atoms with Gasteiger partial charge < -0.3 is 5.73 Å². The Morgan fingerprint density at radius 3 is 2.77 bits per heavy atom. The molecule has 0 fully saturated rings. The fourth-order valence-corrected chi connectivity index (χ4v) is 1.85. The van der Waals surface area contributed by atoms with E-state index in [1.165, 1.54) is 0 Å². The Bertz CT molecular complexity index is 470. The van der Waals surface area contributed by atoms with Gasteiger partial charge in [0.05, 0.1) is 10.5 Å². The zero-order valence-electron chi connectivity index (χ0n) is 6.59. The molecule has 2 nitrogen and oxygen atoms in total. The molecule has 2 N–H and O–H groups in total. The zero-order chi connectivity index (χ0) is 9.42. The first kappa shape index (κ1) is 8.78. The normalized spacial score (nSPS) is 10.6. The van der Waals surface area contributed by atoms with E-state index in [0.717, 1.165) is 15.4 Å². The third kappa shape index (κ3) is 1.38. The van der Waals surface area contributed by atoms with Crippen LogP contribution in [0.15, 0.2) is 28.7 Å². The van der Waals surface area contributed by atoms with Crippen molar-refractivity contribution in [3.63, 3.8) is 0 Å². The minimum atomic E-state index is 0.354. The minimum absolute atomic E-state index is 0.354. The van der Waals surface area contributed by atoms with Gasteiger partial charge in [-0.3, -0.25) is 0 Å². The molecule has 66 valence electrons. The number of para-hydroxylation sites is 1. The molecule has 0 aliphatic rings. The highest BCUT2D eigenvalue weighted by Crippen LogP contribution is 2.33. The lowest BCUT2D eigenvalue weighted by atomic mass is 10.2. The van der Waals surface area contributed by atoms with Gasteiger partial charge >= 0.3 is 0 Å². The van der Waals surface area contributed by atoms with E-state index in [1.54, 1.807) is 0 Å². The standard InChI is InChI=1S/C9H6BrClN2/c10-7-5-3-1-2-4-6(5)13-9(12)8(7)11/h1-4H,(H2,12,13). The summed E-state index contributed by atoms with van der Waals surface area (Å²) in [5.41, 5.74) is 6.46. The molecule has 13 heavy (non-hydrogen) atoms. The van der Waals surface area contributed by atoms with E-state index in [2.05, 4.69) is 20.9 Å². The minimum Gasteiger partial charge on any atom is -0.382 e. The van der Waals surface area contributed by atoms with Crippen LogP contribution in [0.5, 0.6) is 0 Å². The van der Waals surface area contributed by atoms with Gasteiger partial charge in [-0.05, 0) is 22.0 Å². The van der Waals surface area contributed by atoms with Crippen LogP contribution in [0.3, 0.4) is 0 Å². The first-order valence-corrected chi connectivity index (χ1v) is 4.86. The van der Waals surface area contributed by atoms with Crippen LogP contribution in [0.1, 0.15) is 0 Å². The molecule has 2 rings (SSSR count). The molecule has 0 radical (unpaired) electrons. The second kappa shape index (κ2) is 3.16. The molecule has 0 saturated carbocycles. The van der Waals surface area contributed by atoms with E-state index < -0.39 is 0 Å². The number of nitrogens with zero attached hydrogens (tertiary/aromatic N) is 1. The molecular formula is C9H6BrClN2. The number of fused-ring (bicyclic) bond motifs is 1. The van der Waals surface area contributed by atoms with Gasteiger partial charge in [0.1, 0.15) is 5.82 Å². The summed E-state index contributed by atoms with van der Waals surface area (Å²) in [4.78, 5) is 4.15. The van der Waals surface area contributed by atoms with E-state index in [9.17, 15) is 0 Å². The number of halogens is 2. The smallest absolute Gasteiger partial charge is 0.144 e. The second-order valence-electron chi connectivity index (χ2n) is 2.64. The van der Waals surface area contributed by atoms with Gasteiger partial charge in [0.2, 0.25) is 0 Å². The first-order chi connectivity index (χ1) is 6.20. The Morgan fingerprint density at radius 2 is 2.00 bits per heavy atom. The van der Waals surface area contributed by atoms with Crippen molar-refractivity contribution >= 4 is 44.3 Å². The van der Waals surface area contributed by atoms with Gasteiger partial charge in [-0.1, -0.05) is 29.8 Å². The van der Waals surface area contributed by atoms with E-state index in [1.807, 2.05) is 24.3 Å². The second-order valence-corrected chi connectivity index (χ2v) is 3.81. The van der Waals surface area contributed by atoms with E-state index in [4.69, 9.17) is 17.3 Å². The van der Waals surface area contributed by atoms with Crippen molar-refractivity contribution in [2.75, 3.05) is 5.73 Å². The Morgan fingerprint density at radius 1 is 1.31 bits per heavy atom. The van der Waals surface area contributed by atoms with E-state index >= 15 is 0 Å². The number of aromatic nitrogens is 1. The molecule has 1 aromatic carbocycles. The molecule has 0 aliphatic carbocycles. The van der Waals surface area contributed by atoms with Gasteiger partial charge in [0, 0.05) is 9.86 Å². The Balaban J connectivity index is 2.94. The van der Waals surface area contributed by atoms with Crippen LogP contribution in [-0.4, -0.2) is 4.98 Å². The van der Waals surface area contributed by atoms with Gasteiger partial charge in [0.25, 0.3) is 0 Å². The van der Waals surface area contributed by atoms with Gasteiger partial charge in [-0.25, -0.2) is 4.98 Å². The van der Waals surface area contributed by atoms with Crippen LogP contribution in [0.4, 0.5) is 5.82 Å². The van der Waals surface area contributed by atoms with Gasteiger partial charge in [-0.2, -0.15) is 0 Å². The van der Waals surface area contributed by atoms with Gasteiger partial charge in [-0.15, -0.1) is 0 Å². The average molecular weight is 258 g/mol. The summed E-state index contributed by atoms with van der Waals surface area (Å²) in [6.07, 6.45) is 0. The first-order valence-electron chi connectivity index (χ1n) is 3.69. The number of pyridine rings is 1. The molecule has 0 saturated heterocycles. The largest absolute Gasteiger partial charge is 0.382 e. The monoisotopic (exact) mass is 256 g/mol. The molecule has 0 spiro atoms. The van der Waals surface area contributed by atoms with Gasteiger partial charge in [0.15, 0.2) is 0 Å². The van der Waals surface area contributed by atoms with Crippen molar-refractivity contribution in [2.45, 2.75) is 0 Å². The lowest BCUT2D eigenvalue weighted by Crippen LogP contribution is -1.92. The highest BCUT2D eigenvalue weighted by Gasteiger charge is 2.07. The molecule has 1 aromatic heterocycles. The predicted molar refractivity (Wildman–Crippen MR) is 58.9 cm³/mol. The summed E-state index contributed by atoms with van der Waals surface area (Å²) in [7, 11) is 0. The van der Waals surface area contributed by atoms with Crippen LogP contribution >= 0.6 is 27.5 Å². The topological polar surface area (TPSA) is 38.9 Å². The number of nitrogens with two attached hydrogens (primary N) is 1. The SMILES string of the molecule is Nc1nc2ccccc2c(Br)c1Cl. The summed E-state index contributed by atoms with van der Waals surface area (Å²) < 4.78 is 0.803. The fourth-order valence-electron chi connectivity index (χ4n) is 1.17. The molecule has 0 bridgehead atoms. The molecule has 4 heteroatoms. The maximum absolute atomic E-state index is 5.92. The van der Waals surface area contributed by atoms with Crippen LogP contribution in [0.25, 0.3) is 10.9 Å². The number of anilines is 1. The lowest BCUT2D eigenvalue weighted by molar-refractivity contribution is 1.40. The summed E-state index contributed by atoms with van der Waals surface area (Å²) in [6.45, 7) is 0. The Kier molecular flexibility index (Phi) is 2.14. The molecule has 0 amide bonds. The maximum atomic E-state index is 5.92. The number of hydrogen-bond donors (Lipinski definition) is 1. The summed E-state index contributed by atoms with van der Waals surface area (Å²) in [6, 6.07) is 7.68. The van der Waals surface area contributed by atoms with Crippen molar-refractivity contribution in [2.24, 2.45) is 0 Å². The van der Waals surface area contributed by atoms with Crippen LogP contribution in [0, 0.1) is 0 Å². The lowest BCUT2D eigenvalue weighted by Gasteiger charge is -2.04. The van der Waals surface area contributed by atoms with Crippen LogP contribution < -0.4 is 5.73 Å². The maximum Gasteiger partial charge on any atom is 0.144 e. The number of benzene rings is 1. The molecule has 2 aromatic rings. The number of rotatable bonds is 0. The van der Waals surface area contributed by atoms with Crippen molar-refractivity contribution in [1.29, 1.82) is 0 Å². The summed E-state index contributed by atoms with van der Waals surface area (Å²) >= 11 is 9.30. The van der Waals surface area contributed by atoms with Crippen molar-refractivity contribution < 1.29 is 0 Å². The van der Waals surface area contributed by atoms with Crippen molar-refractivity contribution in [1.82, 2.24) is 4.98 Å². The third-order valence-corrected chi connectivity index (χ3v) is 3.23. The molecular weight excluding hydrogens is 251 g/mol. The number of hydrogen-bond acceptors (Lipinski definition) is 2. The van der Waals surface area contributed by atoms with E-state index in [-0.39, 0.29) is 0 Å². The molecule has 0 unspecified atom stereocenters. The Labute approximate surface area is 88.8 Å². The van der Waals surface area contributed by atoms with Crippen molar-refractivity contribution in [3.05, 3.63) is 33.8 Å². The van der Waals surface area contributed by atoms with Crippen LogP contribution in [-0.2, 0) is 0 Å². The molecule has 1 heterocycles.